The summed E-state index contributed by atoms with van der Waals surface area (Å²) in [6.07, 6.45) is 1.69. The van der Waals surface area contributed by atoms with Crippen molar-refractivity contribution >= 4 is 17.6 Å². The van der Waals surface area contributed by atoms with E-state index in [2.05, 4.69) is 4.98 Å². The molecule has 3 nitrogen and oxygen atoms in total. The van der Waals surface area contributed by atoms with E-state index in [1.807, 2.05) is 24.6 Å². The van der Waals surface area contributed by atoms with E-state index >= 15 is 0 Å². The summed E-state index contributed by atoms with van der Waals surface area (Å²) in [5.41, 5.74) is 3.59. The molecule has 2 rings (SSSR count). The third kappa shape index (κ3) is 3.14. The monoisotopic (exact) mass is 247 g/mol. The molecule has 0 spiro atoms. The Morgan fingerprint density at radius 1 is 1.35 bits per heavy atom. The highest BCUT2D eigenvalue weighted by atomic mass is 32.1. The van der Waals surface area contributed by atoms with E-state index in [-0.39, 0.29) is 0 Å². The molecule has 17 heavy (non-hydrogen) atoms. The third-order valence-corrected chi connectivity index (χ3v) is 3.45. The van der Waals surface area contributed by atoms with Gasteiger partial charge in [-0.15, -0.1) is 11.3 Å². The van der Waals surface area contributed by atoms with E-state index < -0.39 is 0 Å². The van der Waals surface area contributed by atoms with Gasteiger partial charge in [0.2, 0.25) is 0 Å². The van der Waals surface area contributed by atoms with Crippen molar-refractivity contribution in [1.29, 1.82) is 0 Å². The molecule has 0 fully saturated rings. The zero-order chi connectivity index (χ0) is 12.1. The molecule has 0 aliphatic rings. The fourth-order valence-electron chi connectivity index (χ4n) is 1.47. The highest BCUT2D eigenvalue weighted by molar-refractivity contribution is 7.09. The summed E-state index contributed by atoms with van der Waals surface area (Å²) in [7, 11) is 0. The van der Waals surface area contributed by atoms with Crippen LogP contribution in [0.3, 0.4) is 0 Å². The number of hydrogen-bond donors (Lipinski definition) is 0. The predicted octanol–water partition coefficient (Wildman–Crippen LogP) is 2.89. The molecule has 0 N–H and O–H groups in total. The number of hydrogen-bond acceptors (Lipinski definition) is 4. The van der Waals surface area contributed by atoms with Gasteiger partial charge in [-0.05, 0) is 31.2 Å². The van der Waals surface area contributed by atoms with Gasteiger partial charge >= 0.3 is 0 Å². The number of thiazole rings is 1. The lowest BCUT2D eigenvalue weighted by molar-refractivity contribution is 0.112. The molecule has 0 saturated heterocycles. The van der Waals surface area contributed by atoms with Crippen molar-refractivity contribution in [3.63, 3.8) is 0 Å². The van der Waals surface area contributed by atoms with Crippen LogP contribution in [0.25, 0.3) is 0 Å². The second-order valence-corrected chi connectivity index (χ2v) is 4.59. The number of ether oxygens (including phenoxy) is 1. The smallest absolute Gasteiger partial charge is 0.150 e. The lowest BCUT2D eigenvalue weighted by Crippen LogP contribution is -2.01. The van der Waals surface area contributed by atoms with Crippen molar-refractivity contribution in [2.45, 2.75) is 13.3 Å². The summed E-state index contributed by atoms with van der Waals surface area (Å²) in [5.74, 6) is 0.790. The van der Waals surface area contributed by atoms with E-state index in [0.717, 1.165) is 24.2 Å². The minimum Gasteiger partial charge on any atom is -0.493 e. The van der Waals surface area contributed by atoms with Crippen LogP contribution in [0.4, 0.5) is 0 Å². The first-order valence-corrected chi connectivity index (χ1v) is 6.24. The van der Waals surface area contributed by atoms with E-state index in [9.17, 15) is 4.79 Å². The van der Waals surface area contributed by atoms with Crippen LogP contribution in [0.5, 0.6) is 5.75 Å². The minimum absolute atomic E-state index is 0.628. The molecular formula is C13H13NO2S. The Kier molecular flexibility index (Phi) is 3.88. The number of aldehydes is 1. The van der Waals surface area contributed by atoms with Crippen molar-refractivity contribution in [3.05, 3.63) is 45.9 Å². The van der Waals surface area contributed by atoms with Crippen molar-refractivity contribution in [2.75, 3.05) is 6.61 Å². The van der Waals surface area contributed by atoms with Gasteiger partial charge in [-0.3, -0.25) is 4.79 Å². The molecule has 0 aliphatic heterocycles. The van der Waals surface area contributed by atoms with Crippen molar-refractivity contribution in [2.24, 2.45) is 0 Å². The molecule has 0 aliphatic carbocycles. The summed E-state index contributed by atoms with van der Waals surface area (Å²) < 4.78 is 5.60. The molecule has 0 saturated carbocycles. The average molecular weight is 247 g/mol. The van der Waals surface area contributed by atoms with Crippen molar-refractivity contribution in [3.8, 4) is 5.75 Å². The van der Waals surface area contributed by atoms with E-state index in [4.69, 9.17) is 4.74 Å². The quantitative estimate of drug-likeness (QED) is 0.763. The largest absolute Gasteiger partial charge is 0.493 e. The minimum atomic E-state index is 0.628. The molecule has 0 bridgehead atoms. The van der Waals surface area contributed by atoms with E-state index in [1.165, 1.54) is 4.88 Å². The molecule has 4 heteroatoms. The topological polar surface area (TPSA) is 39.2 Å². The first kappa shape index (κ1) is 11.8. The van der Waals surface area contributed by atoms with Gasteiger partial charge in [0.25, 0.3) is 0 Å². The average Bonchev–Trinajstić information content (AvgIpc) is 2.76. The maximum Gasteiger partial charge on any atom is 0.150 e. The standard InChI is InChI=1S/C13H13NO2S/c1-10-13(17-9-14-10)6-7-16-12-4-2-11(8-15)3-5-12/h2-5,8-9H,6-7H2,1H3. The van der Waals surface area contributed by atoms with Crippen LogP contribution in [0.15, 0.2) is 29.8 Å². The number of benzene rings is 1. The Balaban J connectivity index is 1.85. The SMILES string of the molecule is Cc1ncsc1CCOc1ccc(C=O)cc1. The van der Waals surface area contributed by atoms with Crippen molar-refractivity contribution in [1.82, 2.24) is 4.98 Å². The van der Waals surface area contributed by atoms with E-state index in [0.29, 0.717) is 12.2 Å². The highest BCUT2D eigenvalue weighted by Crippen LogP contribution is 2.15. The van der Waals surface area contributed by atoms with Gasteiger partial charge in [0.1, 0.15) is 12.0 Å². The third-order valence-electron chi connectivity index (χ3n) is 2.46. The summed E-state index contributed by atoms with van der Waals surface area (Å²) in [6.45, 7) is 2.63. The lowest BCUT2D eigenvalue weighted by Gasteiger charge is -2.05. The Hall–Kier alpha value is -1.68. The summed E-state index contributed by atoms with van der Waals surface area (Å²) >= 11 is 1.65. The van der Waals surface area contributed by atoms with Crippen LogP contribution in [0.2, 0.25) is 0 Å². The highest BCUT2D eigenvalue weighted by Gasteiger charge is 2.01. The van der Waals surface area contributed by atoms with Gasteiger partial charge in [-0.1, -0.05) is 0 Å². The number of nitrogens with zero attached hydrogens (tertiary/aromatic N) is 1. The van der Waals surface area contributed by atoms with Crippen LogP contribution >= 0.6 is 11.3 Å². The zero-order valence-electron chi connectivity index (χ0n) is 9.55. The Morgan fingerprint density at radius 2 is 2.12 bits per heavy atom. The van der Waals surface area contributed by atoms with E-state index in [1.54, 1.807) is 23.5 Å². The molecule has 1 aromatic carbocycles. The summed E-state index contributed by atoms with van der Waals surface area (Å²) in [6, 6.07) is 7.12. The van der Waals surface area contributed by atoms with Gasteiger partial charge in [-0.25, -0.2) is 4.98 Å². The Labute approximate surface area is 104 Å². The summed E-state index contributed by atoms with van der Waals surface area (Å²) in [4.78, 5) is 15.9. The fraction of sp³-hybridized carbons (Fsp3) is 0.231. The number of aryl methyl sites for hydroxylation is 1. The zero-order valence-corrected chi connectivity index (χ0v) is 10.4. The molecular weight excluding hydrogens is 234 g/mol. The second-order valence-electron chi connectivity index (χ2n) is 3.65. The van der Waals surface area contributed by atoms with Gasteiger partial charge in [-0.2, -0.15) is 0 Å². The second kappa shape index (κ2) is 5.59. The molecule has 1 heterocycles. The van der Waals surface area contributed by atoms with Crippen LogP contribution < -0.4 is 4.74 Å². The van der Waals surface area contributed by atoms with Crippen LogP contribution in [-0.2, 0) is 6.42 Å². The van der Waals surface area contributed by atoms with Gasteiger partial charge in [0, 0.05) is 16.9 Å². The predicted molar refractivity (Wildman–Crippen MR) is 67.9 cm³/mol. The Bertz CT molecular complexity index is 490. The van der Waals surface area contributed by atoms with Gasteiger partial charge in [0.15, 0.2) is 0 Å². The molecule has 0 radical (unpaired) electrons. The summed E-state index contributed by atoms with van der Waals surface area (Å²) in [5, 5.41) is 0. The first-order chi connectivity index (χ1) is 8.29. The first-order valence-electron chi connectivity index (χ1n) is 5.36. The number of carbonyl (C=O) groups is 1. The molecule has 0 amide bonds. The van der Waals surface area contributed by atoms with Gasteiger partial charge in [0.05, 0.1) is 17.8 Å². The molecule has 2 aromatic rings. The molecule has 0 unspecified atom stereocenters. The maximum absolute atomic E-state index is 10.5. The number of rotatable bonds is 5. The Morgan fingerprint density at radius 3 is 2.71 bits per heavy atom. The molecule has 88 valence electrons. The van der Waals surface area contributed by atoms with Crippen LogP contribution in [0.1, 0.15) is 20.9 Å². The van der Waals surface area contributed by atoms with Crippen LogP contribution in [-0.4, -0.2) is 17.9 Å². The van der Waals surface area contributed by atoms with Crippen LogP contribution in [0, 0.1) is 6.92 Å². The lowest BCUT2D eigenvalue weighted by atomic mass is 10.2. The molecule has 1 aromatic heterocycles. The van der Waals surface area contributed by atoms with Gasteiger partial charge < -0.3 is 4.74 Å². The number of aromatic nitrogens is 1. The molecule has 0 atom stereocenters. The normalized spacial score (nSPS) is 10.2. The maximum atomic E-state index is 10.5. The fourth-order valence-corrected chi connectivity index (χ4v) is 2.23. The number of carbonyl (C=O) groups excluding carboxylic acids is 1. The van der Waals surface area contributed by atoms with Crippen molar-refractivity contribution < 1.29 is 9.53 Å².